The monoisotopic (exact) mass is 635 g/mol. The Labute approximate surface area is 247 Å². The van der Waals surface area contributed by atoms with Crippen LogP contribution in [0.25, 0.3) is 22.6 Å². The minimum atomic E-state index is -3.72. The van der Waals surface area contributed by atoms with Crippen molar-refractivity contribution >= 4 is 60.1 Å². The van der Waals surface area contributed by atoms with Crippen molar-refractivity contribution in [2.75, 3.05) is 44.4 Å². The summed E-state index contributed by atoms with van der Waals surface area (Å²) in [6.07, 6.45) is 3.90. The number of sulfonamides is 1. The summed E-state index contributed by atoms with van der Waals surface area (Å²) >= 11 is 3.59. The molecule has 0 aliphatic carbocycles. The quantitative estimate of drug-likeness (QED) is 0.242. The number of hydrogen-bond acceptors (Lipinski definition) is 5. The summed E-state index contributed by atoms with van der Waals surface area (Å²) in [7, 11) is -3.72. The second-order valence-corrected chi connectivity index (χ2v) is 12.8. The summed E-state index contributed by atoms with van der Waals surface area (Å²) in [6, 6.07) is 20.7. The third-order valence-corrected chi connectivity index (χ3v) is 9.85. The van der Waals surface area contributed by atoms with Gasteiger partial charge >= 0.3 is 0 Å². The Balaban J connectivity index is 1.39. The number of anilines is 1. The maximum atomic E-state index is 13.6. The highest BCUT2D eigenvalue weighted by atomic mass is 79.9. The lowest BCUT2D eigenvalue weighted by molar-refractivity contribution is -0.112. The van der Waals surface area contributed by atoms with E-state index in [4.69, 9.17) is 9.47 Å². The van der Waals surface area contributed by atoms with Crippen molar-refractivity contribution in [3.63, 3.8) is 0 Å². The van der Waals surface area contributed by atoms with Gasteiger partial charge in [0.05, 0.1) is 30.3 Å². The average molecular weight is 637 g/mol. The molecule has 2 aliphatic rings. The van der Waals surface area contributed by atoms with Crippen LogP contribution >= 0.6 is 15.9 Å². The van der Waals surface area contributed by atoms with Crippen LogP contribution in [0, 0.1) is 0 Å². The van der Waals surface area contributed by atoms with Crippen LogP contribution in [0.15, 0.2) is 82.3 Å². The van der Waals surface area contributed by atoms with E-state index in [1.54, 1.807) is 23.1 Å². The summed E-state index contributed by atoms with van der Waals surface area (Å²) in [4.78, 5) is 15.5. The molecule has 1 aromatic heterocycles. The molecule has 2 aliphatic heterocycles. The van der Waals surface area contributed by atoms with Gasteiger partial charge in [-0.1, -0.05) is 34.1 Å². The highest BCUT2D eigenvalue weighted by Gasteiger charge is 2.34. The molecule has 0 saturated carbocycles. The number of benzene rings is 3. The predicted octanol–water partition coefficient (Wildman–Crippen LogP) is 5.41. The number of para-hydroxylation sites is 1. The Bertz CT molecular complexity index is 1740. The Hall–Kier alpha value is -3.44. The van der Waals surface area contributed by atoms with Crippen molar-refractivity contribution in [2.45, 2.75) is 18.4 Å². The van der Waals surface area contributed by atoms with Gasteiger partial charge in [-0.3, -0.25) is 4.79 Å². The third-order valence-electron chi connectivity index (χ3n) is 7.47. The lowest BCUT2D eigenvalue weighted by atomic mass is 10.0. The second-order valence-electron chi connectivity index (χ2n) is 9.90. The van der Waals surface area contributed by atoms with Crippen LogP contribution in [0.4, 0.5) is 5.69 Å². The number of fused-ring (bicyclic) bond motifs is 2. The van der Waals surface area contributed by atoms with Gasteiger partial charge in [-0.05, 0) is 61.5 Å². The summed E-state index contributed by atoms with van der Waals surface area (Å²) in [5.41, 5.74) is 3.69. The van der Waals surface area contributed by atoms with Crippen molar-refractivity contribution in [1.29, 1.82) is 0 Å². The van der Waals surface area contributed by atoms with Crippen LogP contribution in [0.2, 0.25) is 0 Å². The number of ether oxygens (including phenoxy) is 2. The molecule has 0 unspecified atom stereocenters. The van der Waals surface area contributed by atoms with E-state index in [0.29, 0.717) is 62.8 Å². The van der Waals surface area contributed by atoms with E-state index in [0.717, 1.165) is 26.7 Å². The molecular weight excluding hydrogens is 606 g/mol. The number of aromatic nitrogens is 1. The fourth-order valence-corrected chi connectivity index (χ4v) is 7.21. The van der Waals surface area contributed by atoms with Crippen LogP contribution in [0.5, 0.6) is 5.75 Å². The molecule has 0 bridgehead atoms. The van der Waals surface area contributed by atoms with Crippen LogP contribution in [-0.4, -0.2) is 62.7 Å². The first kappa shape index (κ1) is 27.7. The van der Waals surface area contributed by atoms with E-state index in [1.165, 1.54) is 4.31 Å². The average Bonchev–Trinajstić information content (AvgIpc) is 3.46. The number of nitrogens with zero attached hydrogens (tertiary/aromatic N) is 3. The molecule has 3 aromatic carbocycles. The first-order valence-corrected chi connectivity index (χ1v) is 15.8. The van der Waals surface area contributed by atoms with E-state index in [9.17, 15) is 13.2 Å². The van der Waals surface area contributed by atoms with Crippen molar-refractivity contribution in [1.82, 2.24) is 8.87 Å². The molecule has 1 amide bonds. The summed E-state index contributed by atoms with van der Waals surface area (Å²) in [5, 5.41) is 0.980. The van der Waals surface area contributed by atoms with Crippen molar-refractivity contribution in [2.24, 2.45) is 0 Å². The van der Waals surface area contributed by atoms with Crippen LogP contribution in [-0.2, 0) is 26.1 Å². The predicted molar refractivity (Wildman–Crippen MR) is 163 cm³/mol. The largest absolute Gasteiger partial charge is 0.492 e. The molecule has 10 heteroatoms. The minimum absolute atomic E-state index is 0.147. The van der Waals surface area contributed by atoms with Crippen molar-refractivity contribution in [3.05, 3.63) is 88.5 Å². The van der Waals surface area contributed by atoms with E-state index < -0.39 is 10.0 Å². The summed E-state index contributed by atoms with van der Waals surface area (Å²) in [5.74, 6) is 0.663. The zero-order valence-electron chi connectivity index (χ0n) is 22.6. The van der Waals surface area contributed by atoms with Gasteiger partial charge in [0.25, 0.3) is 5.91 Å². The van der Waals surface area contributed by atoms with E-state index in [-0.39, 0.29) is 10.8 Å². The molecule has 41 heavy (non-hydrogen) atoms. The first-order valence-electron chi connectivity index (χ1n) is 13.6. The summed E-state index contributed by atoms with van der Waals surface area (Å²) in [6.45, 7) is 4.84. The minimum Gasteiger partial charge on any atom is -0.492 e. The number of amides is 1. The van der Waals surface area contributed by atoms with Gasteiger partial charge in [-0.15, -0.1) is 0 Å². The topological polar surface area (TPSA) is 81.1 Å². The number of halogens is 1. The maximum absolute atomic E-state index is 13.6. The van der Waals surface area contributed by atoms with Gasteiger partial charge in [0.15, 0.2) is 0 Å². The SMILES string of the molecule is CCN1C(=O)C(=Cc2cn(CCOc3ccccc3)c3ccc(Br)cc23)c2cc(S(=O)(=O)N3CCOCC3)ccc21. The van der Waals surface area contributed by atoms with Crippen LogP contribution in [0.1, 0.15) is 18.1 Å². The molecule has 3 heterocycles. The summed E-state index contributed by atoms with van der Waals surface area (Å²) < 4.78 is 42.6. The Morgan fingerprint density at radius 1 is 1.02 bits per heavy atom. The van der Waals surface area contributed by atoms with Gasteiger partial charge in [-0.25, -0.2) is 8.42 Å². The maximum Gasteiger partial charge on any atom is 0.258 e. The van der Waals surface area contributed by atoms with Gasteiger partial charge in [0.1, 0.15) is 12.4 Å². The van der Waals surface area contributed by atoms with Gasteiger partial charge in [0, 0.05) is 57.9 Å². The number of rotatable bonds is 8. The zero-order chi connectivity index (χ0) is 28.6. The number of hydrogen-bond donors (Lipinski definition) is 0. The fourth-order valence-electron chi connectivity index (χ4n) is 5.42. The highest BCUT2D eigenvalue weighted by molar-refractivity contribution is 9.10. The van der Waals surface area contributed by atoms with Gasteiger partial charge < -0.3 is 18.9 Å². The van der Waals surface area contributed by atoms with Gasteiger partial charge in [-0.2, -0.15) is 4.31 Å². The standard InChI is InChI=1S/C31H30BrN3O5S/c1-2-35-30-11-9-25(41(37,38)34-13-15-39-16-14-34)20-27(30)28(31(35)36)18-22-21-33(29-10-8-23(32)19-26(22)29)12-17-40-24-6-4-3-5-7-24/h3-11,18-21H,2,12-17H2,1H3. The number of carbonyl (C=O) groups is 1. The molecule has 212 valence electrons. The van der Waals surface area contributed by atoms with Crippen LogP contribution in [0.3, 0.4) is 0 Å². The second kappa shape index (κ2) is 11.4. The Kier molecular flexibility index (Phi) is 7.74. The molecule has 0 N–H and O–H groups in total. The molecule has 1 saturated heterocycles. The Morgan fingerprint density at radius 2 is 1.80 bits per heavy atom. The van der Waals surface area contributed by atoms with Crippen molar-refractivity contribution in [3.8, 4) is 5.75 Å². The highest BCUT2D eigenvalue weighted by Crippen LogP contribution is 2.40. The lowest BCUT2D eigenvalue weighted by Crippen LogP contribution is -2.40. The molecule has 8 nitrogen and oxygen atoms in total. The molecule has 6 rings (SSSR count). The zero-order valence-corrected chi connectivity index (χ0v) is 25.0. The first-order chi connectivity index (χ1) is 19.9. The number of likely N-dealkylation sites (N-methyl/N-ethyl adjacent to an activating group) is 1. The smallest absolute Gasteiger partial charge is 0.258 e. The molecule has 1 fully saturated rings. The lowest BCUT2D eigenvalue weighted by Gasteiger charge is -2.26. The van der Waals surface area contributed by atoms with E-state index in [1.807, 2.05) is 67.7 Å². The molecular formula is C31H30BrN3O5S. The number of morpholine rings is 1. The van der Waals surface area contributed by atoms with Crippen LogP contribution < -0.4 is 9.64 Å². The van der Waals surface area contributed by atoms with E-state index >= 15 is 0 Å². The molecule has 0 atom stereocenters. The molecule has 4 aromatic rings. The Morgan fingerprint density at radius 3 is 2.56 bits per heavy atom. The van der Waals surface area contributed by atoms with Gasteiger partial charge in [0.2, 0.25) is 10.0 Å². The normalized spacial score (nSPS) is 17.0. The fraction of sp³-hybridized carbons (Fsp3) is 0.258. The third kappa shape index (κ3) is 5.32. The van der Waals surface area contributed by atoms with E-state index in [2.05, 4.69) is 20.5 Å². The molecule has 0 spiro atoms. The number of carbonyl (C=O) groups excluding carboxylic acids is 1. The molecule has 0 radical (unpaired) electrons. The van der Waals surface area contributed by atoms with Crippen molar-refractivity contribution < 1.29 is 22.7 Å².